The smallest absolute Gasteiger partial charge is 0.284 e. The van der Waals surface area contributed by atoms with Crippen LogP contribution in [0.1, 0.15) is 17.3 Å². The Bertz CT molecular complexity index is 362. The lowest BCUT2D eigenvalue weighted by atomic mass is 10.2. The molecule has 1 rings (SSSR count). The van der Waals surface area contributed by atoms with Gasteiger partial charge in [0.2, 0.25) is 0 Å². The summed E-state index contributed by atoms with van der Waals surface area (Å²) in [6.45, 7) is 2.50. The molecule has 16 heavy (non-hydrogen) atoms. The molecule has 0 fully saturated rings. The summed E-state index contributed by atoms with van der Waals surface area (Å²) in [5.74, 6) is -0.144. The molecule has 0 spiro atoms. The Morgan fingerprint density at radius 2 is 2.25 bits per heavy atom. The van der Waals surface area contributed by atoms with Crippen molar-refractivity contribution in [3.63, 3.8) is 0 Å². The molecule has 0 atom stereocenters. The quantitative estimate of drug-likeness (QED) is 0.596. The SMILES string of the molecule is CCSCCn1cc(C(=O)C(F)(F)F)cn1. The second kappa shape index (κ2) is 5.38. The molecule has 0 aromatic carbocycles. The van der Waals surface area contributed by atoms with Gasteiger partial charge in [0.05, 0.1) is 11.8 Å². The molecule has 0 radical (unpaired) electrons. The van der Waals surface area contributed by atoms with E-state index in [4.69, 9.17) is 0 Å². The Morgan fingerprint density at radius 1 is 1.56 bits per heavy atom. The van der Waals surface area contributed by atoms with Crippen molar-refractivity contribution in [3.05, 3.63) is 18.0 Å². The molecule has 0 aliphatic heterocycles. The Balaban J connectivity index is 2.61. The molecule has 0 unspecified atom stereocenters. The highest BCUT2D eigenvalue weighted by atomic mass is 32.2. The minimum atomic E-state index is -4.83. The predicted octanol–water partition coefficient (Wildman–Crippen LogP) is 2.38. The first-order valence-electron chi connectivity index (χ1n) is 4.67. The maximum atomic E-state index is 12.1. The normalized spacial score (nSPS) is 11.8. The van der Waals surface area contributed by atoms with Crippen molar-refractivity contribution in [1.82, 2.24) is 9.78 Å². The van der Waals surface area contributed by atoms with Gasteiger partial charge in [-0.1, -0.05) is 6.92 Å². The number of ketones is 1. The maximum Gasteiger partial charge on any atom is 0.454 e. The van der Waals surface area contributed by atoms with Crippen LogP contribution >= 0.6 is 11.8 Å². The van der Waals surface area contributed by atoms with E-state index in [1.807, 2.05) is 6.92 Å². The van der Waals surface area contributed by atoms with E-state index >= 15 is 0 Å². The van der Waals surface area contributed by atoms with Crippen LogP contribution in [0.4, 0.5) is 13.2 Å². The van der Waals surface area contributed by atoms with Crippen molar-refractivity contribution in [2.75, 3.05) is 11.5 Å². The van der Waals surface area contributed by atoms with Crippen LogP contribution in [0.25, 0.3) is 0 Å². The fourth-order valence-electron chi connectivity index (χ4n) is 1.07. The van der Waals surface area contributed by atoms with Crippen LogP contribution in [-0.4, -0.2) is 33.2 Å². The second-order valence-electron chi connectivity index (χ2n) is 3.02. The van der Waals surface area contributed by atoms with Gasteiger partial charge < -0.3 is 0 Å². The van der Waals surface area contributed by atoms with Crippen molar-refractivity contribution < 1.29 is 18.0 Å². The van der Waals surface area contributed by atoms with Gasteiger partial charge in [0, 0.05) is 18.5 Å². The minimum Gasteiger partial charge on any atom is -0.284 e. The van der Waals surface area contributed by atoms with Crippen LogP contribution in [0.5, 0.6) is 0 Å². The third-order valence-corrected chi connectivity index (χ3v) is 2.70. The number of aryl methyl sites for hydroxylation is 1. The maximum absolute atomic E-state index is 12.1. The zero-order valence-corrected chi connectivity index (χ0v) is 9.44. The van der Waals surface area contributed by atoms with Crippen LogP contribution < -0.4 is 0 Å². The van der Waals surface area contributed by atoms with E-state index in [-0.39, 0.29) is 0 Å². The lowest BCUT2D eigenvalue weighted by Crippen LogP contribution is -2.22. The number of carbonyl (C=O) groups is 1. The van der Waals surface area contributed by atoms with E-state index in [0.717, 1.165) is 23.9 Å². The molecule has 0 N–H and O–H groups in total. The fraction of sp³-hybridized carbons (Fsp3) is 0.556. The molecule has 0 saturated heterocycles. The number of carbonyl (C=O) groups excluding carboxylic acids is 1. The molecule has 7 heteroatoms. The average Bonchev–Trinajstić information content (AvgIpc) is 2.64. The van der Waals surface area contributed by atoms with E-state index in [9.17, 15) is 18.0 Å². The molecule has 1 heterocycles. The molecule has 0 bridgehead atoms. The van der Waals surface area contributed by atoms with Crippen molar-refractivity contribution in [2.24, 2.45) is 0 Å². The molecular formula is C9H11F3N2OS. The van der Waals surface area contributed by atoms with Gasteiger partial charge in [-0.3, -0.25) is 9.48 Å². The van der Waals surface area contributed by atoms with Gasteiger partial charge in [0.25, 0.3) is 5.78 Å². The first-order chi connectivity index (χ1) is 7.45. The zero-order valence-electron chi connectivity index (χ0n) is 8.62. The van der Waals surface area contributed by atoms with Gasteiger partial charge in [-0.15, -0.1) is 0 Å². The van der Waals surface area contributed by atoms with Gasteiger partial charge in [0.1, 0.15) is 0 Å². The van der Waals surface area contributed by atoms with Gasteiger partial charge in [-0.2, -0.15) is 30.0 Å². The lowest BCUT2D eigenvalue weighted by Gasteiger charge is -2.01. The van der Waals surface area contributed by atoms with E-state index in [0.29, 0.717) is 6.54 Å². The van der Waals surface area contributed by atoms with Crippen molar-refractivity contribution in [1.29, 1.82) is 0 Å². The zero-order chi connectivity index (χ0) is 12.2. The van der Waals surface area contributed by atoms with Crippen LogP contribution in [0.3, 0.4) is 0 Å². The number of aromatic nitrogens is 2. The number of rotatable bonds is 5. The monoisotopic (exact) mass is 252 g/mol. The summed E-state index contributed by atoms with van der Waals surface area (Å²) in [7, 11) is 0. The van der Waals surface area contributed by atoms with E-state index in [2.05, 4.69) is 5.10 Å². The van der Waals surface area contributed by atoms with Gasteiger partial charge in [0.15, 0.2) is 0 Å². The molecule has 0 aliphatic rings. The van der Waals surface area contributed by atoms with E-state index in [1.54, 1.807) is 11.8 Å². The molecule has 0 aliphatic carbocycles. The van der Waals surface area contributed by atoms with Gasteiger partial charge in [-0.25, -0.2) is 0 Å². The Hall–Kier alpha value is -0.980. The van der Waals surface area contributed by atoms with Crippen LogP contribution in [0.15, 0.2) is 12.4 Å². The van der Waals surface area contributed by atoms with Crippen molar-refractivity contribution >= 4 is 17.5 Å². The van der Waals surface area contributed by atoms with E-state index < -0.39 is 17.5 Å². The summed E-state index contributed by atoms with van der Waals surface area (Å²) >= 11 is 1.66. The molecule has 1 aromatic heterocycles. The van der Waals surface area contributed by atoms with Crippen molar-refractivity contribution in [2.45, 2.75) is 19.6 Å². The Morgan fingerprint density at radius 3 is 2.81 bits per heavy atom. The highest BCUT2D eigenvalue weighted by Gasteiger charge is 2.39. The van der Waals surface area contributed by atoms with Crippen LogP contribution in [0.2, 0.25) is 0 Å². The summed E-state index contributed by atoms with van der Waals surface area (Å²) in [6.07, 6.45) is -2.75. The summed E-state index contributed by atoms with van der Waals surface area (Å²) in [6, 6.07) is 0. The Kier molecular flexibility index (Phi) is 4.40. The second-order valence-corrected chi connectivity index (χ2v) is 4.41. The van der Waals surface area contributed by atoms with Crippen LogP contribution in [0, 0.1) is 0 Å². The highest BCUT2D eigenvalue weighted by Crippen LogP contribution is 2.20. The fourth-order valence-corrected chi connectivity index (χ4v) is 1.67. The molecule has 1 aromatic rings. The van der Waals surface area contributed by atoms with Gasteiger partial charge in [-0.05, 0) is 5.75 Å². The largest absolute Gasteiger partial charge is 0.454 e. The first kappa shape index (κ1) is 13.1. The number of nitrogens with zero attached hydrogens (tertiary/aromatic N) is 2. The number of alkyl halides is 3. The molecular weight excluding hydrogens is 241 g/mol. The number of Topliss-reactive ketones (excluding diaryl/α,β-unsaturated/α-hetero) is 1. The predicted molar refractivity (Wildman–Crippen MR) is 55.6 cm³/mol. The van der Waals surface area contributed by atoms with Gasteiger partial charge >= 0.3 is 6.18 Å². The van der Waals surface area contributed by atoms with E-state index in [1.165, 1.54) is 4.68 Å². The number of thioether (sulfide) groups is 1. The summed E-state index contributed by atoms with van der Waals surface area (Å²) in [5, 5.41) is 3.71. The number of hydrogen-bond acceptors (Lipinski definition) is 3. The molecule has 0 amide bonds. The lowest BCUT2D eigenvalue weighted by molar-refractivity contribution is -0.0885. The summed E-state index contributed by atoms with van der Waals surface area (Å²) < 4.78 is 37.5. The molecule has 90 valence electrons. The standard InChI is InChI=1S/C9H11F3N2OS/c1-2-16-4-3-14-6-7(5-13-14)8(15)9(10,11)12/h5-6H,2-4H2,1H3. The third-order valence-electron chi connectivity index (χ3n) is 1.82. The van der Waals surface area contributed by atoms with Crippen LogP contribution in [-0.2, 0) is 6.54 Å². The highest BCUT2D eigenvalue weighted by molar-refractivity contribution is 7.99. The van der Waals surface area contributed by atoms with Crippen molar-refractivity contribution in [3.8, 4) is 0 Å². The number of halogens is 3. The topological polar surface area (TPSA) is 34.9 Å². The number of hydrogen-bond donors (Lipinski definition) is 0. The molecule has 3 nitrogen and oxygen atoms in total. The third kappa shape index (κ3) is 3.55. The first-order valence-corrected chi connectivity index (χ1v) is 5.82. The molecule has 0 saturated carbocycles. The minimum absolute atomic E-state index is 0.408. The summed E-state index contributed by atoms with van der Waals surface area (Å²) in [4.78, 5) is 10.8. The average molecular weight is 252 g/mol. The summed E-state index contributed by atoms with van der Waals surface area (Å²) in [5.41, 5.74) is -0.408. The Labute approximate surface area is 95.0 Å².